The number of amides is 1. The van der Waals surface area contributed by atoms with Gasteiger partial charge >= 0.3 is 0 Å². The van der Waals surface area contributed by atoms with Gasteiger partial charge in [-0.2, -0.15) is 0 Å². The molecule has 1 aliphatic rings. The number of tetrazole rings is 1. The Labute approximate surface area is 157 Å². The summed E-state index contributed by atoms with van der Waals surface area (Å²) in [4.78, 5) is 12.5. The standard InChI is InChI=1S/C18H25N5O2S/c1-3-25-16-11-9-14(10-12-16)19-17(24)13(2)26-18-20-21-22-23(18)15-7-5-4-6-8-15/h9-13,15H,3-8H2,1-2H3,(H,19,24). The van der Waals surface area contributed by atoms with Crippen LogP contribution in [0.15, 0.2) is 29.4 Å². The SMILES string of the molecule is CCOc1ccc(NC(=O)C(C)Sc2nnnn2C2CCCCC2)cc1. The lowest BCUT2D eigenvalue weighted by Crippen LogP contribution is -2.23. The summed E-state index contributed by atoms with van der Waals surface area (Å²) in [6.45, 7) is 4.43. The van der Waals surface area contributed by atoms with Crippen molar-refractivity contribution in [2.75, 3.05) is 11.9 Å². The first-order valence-corrected chi connectivity index (χ1v) is 10.0. The Hall–Kier alpha value is -2.09. The van der Waals surface area contributed by atoms with Crippen molar-refractivity contribution in [3.05, 3.63) is 24.3 Å². The monoisotopic (exact) mass is 375 g/mol. The fourth-order valence-electron chi connectivity index (χ4n) is 3.07. The van der Waals surface area contributed by atoms with Crippen LogP contribution in [0, 0.1) is 0 Å². The highest BCUT2D eigenvalue weighted by molar-refractivity contribution is 8.00. The summed E-state index contributed by atoms with van der Waals surface area (Å²) in [5.41, 5.74) is 0.748. The Morgan fingerprint density at radius 3 is 2.73 bits per heavy atom. The smallest absolute Gasteiger partial charge is 0.237 e. The molecule has 0 spiro atoms. The second kappa shape index (κ2) is 9.02. The average Bonchev–Trinajstić information content (AvgIpc) is 3.12. The van der Waals surface area contributed by atoms with E-state index in [2.05, 4.69) is 20.8 Å². The average molecular weight is 375 g/mol. The topological polar surface area (TPSA) is 81.9 Å². The summed E-state index contributed by atoms with van der Waals surface area (Å²) in [5, 5.41) is 15.4. The van der Waals surface area contributed by atoms with E-state index in [4.69, 9.17) is 4.74 Å². The number of hydrogen-bond donors (Lipinski definition) is 1. The maximum Gasteiger partial charge on any atom is 0.237 e. The fourth-order valence-corrected chi connectivity index (χ4v) is 3.93. The van der Waals surface area contributed by atoms with Gasteiger partial charge in [0.15, 0.2) is 0 Å². The fraction of sp³-hybridized carbons (Fsp3) is 0.556. The zero-order valence-electron chi connectivity index (χ0n) is 15.2. The molecule has 140 valence electrons. The second-order valence-electron chi connectivity index (χ2n) is 6.40. The molecule has 1 N–H and O–H groups in total. The van der Waals surface area contributed by atoms with E-state index < -0.39 is 0 Å². The molecule has 7 nitrogen and oxygen atoms in total. The minimum Gasteiger partial charge on any atom is -0.494 e. The quantitative estimate of drug-likeness (QED) is 0.743. The molecule has 1 heterocycles. The number of hydrogen-bond acceptors (Lipinski definition) is 6. The van der Waals surface area contributed by atoms with Crippen LogP contribution < -0.4 is 10.1 Å². The van der Waals surface area contributed by atoms with Crippen LogP contribution in [0.3, 0.4) is 0 Å². The van der Waals surface area contributed by atoms with Crippen molar-refractivity contribution in [2.45, 2.75) is 62.4 Å². The third-order valence-corrected chi connectivity index (χ3v) is 5.51. The Kier molecular flexibility index (Phi) is 6.49. The van der Waals surface area contributed by atoms with Gasteiger partial charge in [-0.3, -0.25) is 4.79 Å². The van der Waals surface area contributed by atoms with Crippen molar-refractivity contribution in [2.24, 2.45) is 0 Å². The van der Waals surface area contributed by atoms with Gasteiger partial charge < -0.3 is 10.1 Å². The number of carbonyl (C=O) groups excluding carboxylic acids is 1. The number of aromatic nitrogens is 4. The van der Waals surface area contributed by atoms with E-state index in [0.29, 0.717) is 17.8 Å². The van der Waals surface area contributed by atoms with Gasteiger partial charge in [0, 0.05) is 5.69 Å². The highest BCUT2D eigenvalue weighted by Gasteiger charge is 2.23. The van der Waals surface area contributed by atoms with E-state index in [1.165, 1.54) is 31.0 Å². The van der Waals surface area contributed by atoms with Gasteiger partial charge in [0.25, 0.3) is 0 Å². The maximum absolute atomic E-state index is 12.5. The summed E-state index contributed by atoms with van der Waals surface area (Å²) in [6.07, 6.45) is 5.91. The lowest BCUT2D eigenvalue weighted by Gasteiger charge is -2.22. The summed E-state index contributed by atoms with van der Waals surface area (Å²) in [5.74, 6) is 0.719. The Balaban J connectivity index is 1.58. The molecule has 26 heavy (non-hydrogen) atoms. The highest BCUT2D eigenvalue weighted by Crippen LogP contribution is 2.31. The molecule has 1 fully saturated rings. The highest BCUT2D eigenvalue weighted by atomic mass is 32.2. The van der Waals surface area contributed by atoms with E-state index in [1.54, 1.807) is 0 Å². The van der Waals surface area contributed by atoms with E-state index >= 15 is 0 Å². The number of ether oxygens (including phenoxy) is 1. The molecule has 1 unspecified atom stereocenters. The van der Waals surface area contributed by atoms with E-state index in [1.807, 2.05) is 42.8 Å². The van der Waals surface area contributed by atoms with Crippen LogP contribution >= 0.6 is 11.8 Å². The molecular formula is C18H25N5O2S. The third-order valence-electron chi connectivity index (χ3n) is 4.47. The zero-order valence-corrected chi connectivity index (χ0v) is 16.0. The number of rotatable bonds is 7. The molecule has 0 bridgehead atoms. The Morgan fingerprint density at radius 2 is 2.04 bits per heavy atom. The molecule has 0 saturated heterocycles. The van der Waals surface area contributed by atoms with Crippen molar-refractivity contribution in [1.29, 1.82) is 0 Å². The van der Waals surface area contributed by atoms with Crippen LogP contribution in [0.5, 0.6) is 5.75 Å². The molecule has 1 aliphatic carbocycles. The van der Waals surface area contributed by atoms with Gasteiger partial charge in [0.1, 0.15) is 5.75 Å². The van der Waals surface area contributed by atoms with Gasteiger partial charge in [-0.1, -0.05) is 31.0 Å². The largest absolute Gasteiger partial charge is 0.494 e. The predicted octanol–water partition coefficient (Wildman–Crippen LogP) is 3.70. The lowest BCUT2D eigenvalue weighted by molar-refractivity contribution is -0.115. The van der Waals surface area contributed by atoms with E-state index in [9.17, 15) is 4.79 Å². The van der Waals surface area contributed by atoms with Crippen LogP contribution in [0.1, 0.15) is 52.0 Å². The molecule has 2 aromatic rings. The van der Waals surface area contributed by atoms with Crippen molar-refractivity contribution in [3.8, 4) is 5.75 Å². The van der Waals surface area contributed by atoms with E-state index in [-0.39, 0.29) is 11.2 Å². The van der Waals surface area contributed by atoms with Gasteiger partial charge in [0.05, 0.1) is 17.9 Å². The predicted molar refractivity (Wildman–Crippen MR) is 101 cm³/mol. The second-order valence-corrected chi connectivity index (χ2v) is 7.71. The van der Waals surface area contributed by atoms with Crippen molar-refractivity contribution in [3.63, 3.8) is 0 Å². The molecule has 1 aromatic carbocycles. The van der Waals surface area contributed by atoms with Crippen molar-refractivity contribution in [1.82, 2.24) is 20.2 Å². The summed E-state index contributed by atoms with van der Waals surface area (Å²) in [6, 6.07) is 7.72. The van der Waals surface area contributed by atoms with Crippen LogP contribution in [0.2, 0.25) is 0 Å². The molecule has 8 heteroatoms. The first-order chi connectivity index (χ1) is 12.7. The molecule has 3 rings (SSSR count). The lowest BCUT2D eigenvalue weighted by atomic mass is 9.96. The number of anilines is 1. The van der Waals surface area contributed by atoms with Crippen LogP contribution in [-0.4, -0.2) is 38.0 Å². The number of nitrogens with one attached hydrogen (secondary N) is 1. The van der Waals surface area contributed by atoms with Crippen molar-refractivity contribution >= 4 is 23.4 Å². The number of carbonyl (C=O) groups is 1. The first-order valence-electron chi connectivity index (χ1n) is 9.15. The third kappa shape index (κ3) is 4.75. The summed E-state index contributed by atoms with van der Waals surface area (Å²) < 4.78 is 7.31. The van der Waals surface area contributed by atoms with Gasteiger partial charge in [-0.05, 0) is 61.4 Å². The van der Waals surface area contributed by atoms with Gasteiger partial charge in [-0.15, -0.1) is 5.10 Å². The minimum absolute atomic E-state index is 0.0719. The Morgan fingerprint density at radius 1 is 1.31 bits per heavy atom. The van der Waals surface area contributed by atoms with Crippen molar-refractivity contribution < 1.29 is 9.53 Å². The summed E-state index contributed by atoms with van der Waals surface area (Å²) >= 11 is 1.40. The van der Waals surface area contributed by atoms with E-state index in [0.717, 1.165) is 24.3 Å². The van der Waals surface area contributed by atoms with Gasteiger partial charge in [-0.25, -0.2) is 4.68 Å². The molecular weight excluding hydrogens is 350 g/mol. The Bertz CT molecular complexity index is 713. The maximum atomic E-state index is 12.5. The molecule has 1 amide bonds. The number of nitrogens with zero attached hydrogens (tertiary/aromatic N) is 4. The molecule has 1 aromatic heterocycles. The normalized spacial score (nSPS) is 16.2. The minimum atomic E-state index is -0.296. The zero-order chi connectivity index (χ0) is 18.4. The van der Waals surface area contributed by atoms with Crippen LogP contribution in [0.25, 0.3) is 0 Å². The van der Waals surface area contributed by atoms with Crippen LogP contribution in [0.4, 0.5) is 5.69 Å². The number of benzene rings is 1. The number of thioether (sulfide) groups is 1. The molecule has 1 atom stereocenters. The molecule has 0 radical (unpaired) electrons. The first kappa shape index (κ1) is 18.7. The van der Waals surface area contributed by atoms with Crippen LogP contribution in [-0.2, 0) is 4.79 Å². The molecule has 0 aliphatic heterocycles. The molecule has 1 saturated carbocycles. The summed E-state index contributed by atoms with van der Waals surface area (Å²) in [7, 11) is 0. The van der Waals surface area contributed by atoms with Gasteiger partial charge in [0.2, 0.25) is 11.1 Å².